The number of rotatable bonds is 5. The minimum Gasteiger partial charge on any atom is -0.493 e. The van der Waals surface area contributed by atoms with Crippen LogP contribution in [0, 0.1) is 10.1 Å². The summed E-state index contributed by atoms with van der Waals surface area (Å²) in [4.78, 5) is 13.5. The highest BCUT2D eigenvalue weighted by Gasteiger charge is 2.18. The lowest BCUT2D eigenvalue weighted by molar-refractivity contribution is -0.394. The Bertz CT molecular complexity index is 614. The highest BCUT2D eigenvalue weighted by molar-refractivity contribution is 5.57. The number of benzene rings is 1. The lowest BCUT2D eigenvalue weighted by Crippen LogP contribution is -2.00. The van der Waals surface area contributed by atoms with Crippen LogP contribution in [0.1, 0.15) is 0 Å². The van der Waals surface area contributed by atoms with Gasteiger partial charge in [0.05, 0.1) is 27.0 Å². The van der Waals surface area contributed by atoms with Gasteiger partial charge in [-0.25, -0.2) is 0 Å². The van der Waals surface area contributed by atoms with Gasteiger partial charge in [-0.05, 0) is 4.92 Å². The fourth-order valence-corrected chi connectivity index (χ4v) is 1.66. The standard InChI is InChI=1S/C11H12N4O5/c1-18-8-4-7(5-9(19-2)10(8)20-3)14-6-12-11(13-14)15(16)17/h4-6H,1-3H3. The van der Waals surface area contributed by atoms with Crippen molar-refractivity contribution in [3.8, 4) is 22.9 Å². The van der Waals surface area contributed by atoms with E-state index in [1.807, 2.05) is 0 Å². The van der Waals surface area contributed by atoms with E-state index in [0.29, 0.717) is 22.9 Å². The van der Waals surface area contributed by atoms with E-state index < -0.39 is 10.9 Å². The first kappa shape index (κ1) is 13.6. The molecule has 0 aliphatic heterocycles. The van der Waals surface area contributed by atoms with Crippen molar-refractivity contribution in [2.75, 3.05) is 21.3 Å². The first-order valence-corrected chi connectivity index (χ1v) is 5.47. The van der Waals surface area contributed by atoms with E-state index in [9.17, 15) is 10.1 Å². The van der Waals surface area contributed by atoms with Gasteiger partial charge in [0, 0.05) is 17.2 Å². The lowest BCUT2D eigenvalue weighted by Gasteiger charge is -2.12. The summed E-state index contributed by atoms with van der Waals surface area (Å²) >= 11 is 0. The number of hydrogen-bond donors (Lipinski definition) is 0. The SMILES string of the molecule is COc1cc(-n2cnc([N+](=O)[O-])n2)cc(OC)c1OC. The first-order chi connectivity index (χ1) is 9.60. The maximum atomic E-state index is 10.6. The second-order valence-corrected chi connectivity index (χ2v) is 3.63. The molecule has 0 aliphatic rings. The van der Waals surface area contributed by atoms with Crippen LogP contribution >= 0.6 is 0 Å². The third kappa shape index (κ3) is 2.32. The van der Waals surface area contributed by atoms with Crippen molar-refractivity contribution in [2.45, 2.75) is 0 Å². The van der Waals surface area contributed by atoms with Crippen LogP contribution in [0.4, 0.5) is 5.95 Å². The quantitative estimate of drug-likeness (QED) is 0.599. The Balaban J connectivity index is 2.53. The Morgan fingerprint density at radius 2 is 1.75 bits per heavy atom. The molecular weight excluding hydrogens is 268 g/mol. The van der Waals surface area contributed by atoms with Crippen molar-refractivity contribution in [3.63, 3.8) is 0 Å². The topological polar surface area (TPSA) is 102 Å². The summed E-state index contributed by atoms with van der Waals surface area (Å²) in [6, 6.07) is 3.22. The normalized spacial score (nSPS) is 10.2. The summed E-state index contributed by atoms with van der Waals surface area (Å²) in [7, 11) is 4.44. The molecule has 2 rings (SSSR count). The fraction of sp³-hybridized carbons (Fsp3) is 0.273. The third-order valence-electron chi connectivity index (χ3n) is 2.56. The molecule has 0 aliphatic carbocycles. The molecule has 1 heterocycles. The van der Waals surface area contributed by atoms with Gasteiger partial charge in [-0.2, -0.15) is 0 Å². The van der Waals surface area contributed by atoms with Crippen molar-refractivity contribution in [1.82, 2.24) is 14.8 Å². The summed E-state index contributed by atoms with van der Waals surface area (Å²) in [5.41, 5.74) is 0.500. The van der Waals surface area contributed by atoms with E-state index in [2.05, 4.69) is 10.1 Å². The smallest absolute Gasteiger partial charge is 0.491 e. The highest BCUT2D eigenvalue weighted by Crippen LogP contribution is 2.39. The molecule has 0 saturated carbocycles. The molecule has 0 atom stereocenters. The maximum Gasteiger partial charge on any atom is 0.491 e. The average Bonchev–Trinajstić information content (AvgIpc) is 2.95. The van der Waals surface area contributed by atoms with E-state index in [0.717, 1.165) is 0 Å². The van der Waals surface area contributed by atoms with Gasteiger partial charge in [-0.15, -0.1) is 4.68 Å². The van der Waals surface area contributed by atoms with E-state index in [4.69, 9.17) is 14.2 Å². The molecule has 106 valence electrons. The van der Waals surface area contributed by atoms with E-state index >= 15 is 0 Å². The van der Waals surface area contributed by atoms with Gasteiger partial charge in [0.15, 0.2) is 11.5 Å². The fourth-order valence-electron chi connectivity index (χ4n) is 1.66. The minimum atomic E-state index is -0.672. The van der Waals surface area contributed by atoms with E-state index in [1.54, 1.807) is 12.1 Å². The Hall–Kier alpha value is -2.84. The van der Waals surface area contributed by atoms with Gasteiger partial charge in [0.2, 0.25) is 12.1 Å². The summed E-state index contributed by atoms with van der Waals surface area (Å²) in [6.07, 6.45) is 1.23. The van der Waals surface area contributed by atoms with E-state index in [-0.39, 0.29) is 0 Å². The van der Waals surface area contributed by atoms with Gasteiger partial charge >= 0.3 is 5.95 Å². The van der Waals surface area contributed by atoms with Crippen LogP contribution < -0.4 is 14.2 Å². The van der Waals surface area contributed by atoms with Crippen LogP contribution in [0.2, 0.25) is 0 Å². The maximum absolute atomic E-state index is 10.6. The number of nitro groups is 1. The largest absolute Gasteiger partial charge is 0.493 e. The van der Waals surface area contributed by atoms with Crippen molar-refractivity contribution in [3.05, 3.63) is 28.6 Å². The van der Waals surface area contributed by atoms with Crippen molar-refractivity contribution in [1.29, 1.82) is 0 Å². The van der Waals surface area contributed by atoms with Crippen molar-refractivity contribution >= 4 is 5.95 Å². The Morgan fingerprint density at radius 3 is 2.15 bits per heavy atom. The van der Waals surface area contributed by atoms with E-state index in [1.165, 1.54) is 32.3 Å². The molecule has 0 N–H and O–H groups in total. The Kier molecular flexibility index (Phi) is 3.69. The molecule has 20 heavy (non-hydrogen) atoms. The Morgan fingerprint density at radius 1 is 1.15 bits per heavy atom. The molecule has 2 aromatic rings. The van der Waals surface area contributed by atoms with Gasteiger partial charge in [0.25, 0.3) is 0 Å². The molecule has 9 nitrogen and oxygen atoms in total. The molecule has 0 radical (unpaired) electrons. The number of methoxy groups -OCH3 is 3. The van der Waals surface area contributed by atoms with Crippen molar-refractivity contribution < 1.29 is 19.1 Å². The van der Waals surface area contributed by atoms with Crippen LogP contribution in [0.15, 0.2) is 18.5 Å². The van der Waals surface area contributed by atoms with Crippen molar-refractivity contribution in [2.24, 2.45) is 0 Å². The molecule has 0 saturated heterocycles. The van der Waals surface area contributed by atoms with Crippen LogP contribution in [-0.4, -0.2) is 41.0 Å². The molecule has 0 amide bonds. The van der Waals surface area contributed by atoms with Crippen LogP contribution in [0.25, 0.3) is 5.69 Å². The molecule has 1 aromatic carbocycles. The second-order valence-electron chi connectivity index (χ2n) is 3.63. The molecule has 0 fully saturated rings. The monoisotopic (exact) mass is 280 g/mol. The van der Waals surface area contributed by atoms with Crippen LogP contribution in [0.3, 0.4) is 0 Å². The average molecular weight is 280 g/mol. The number of hydrogen-bond acceptors (Lipinski definition) is 7. The first-order valence-electron chi connectivity index (χ1n) is 5.47. The summed E-state index contributed by atoms with van der Waals surface area (Å²) in [6.45, 7) is 0. The zero-order valence-electron chi connectivity index (χ0n) is 11.1. The second kappa shape index (κ2) is 5.43. The third-order valence-corrected chi connectivity index (χ3v) is 2.56. The number of nitrogens with zero attached hydrogens (tertiary/aromatic N) is 4. The highest BCUT2D eigenvalue weighted by atomic mass is 16.6. The molecule has 9 heteroatoms. The predicted octanol–water partition coefficient (Wildman–Crippen LogP) is 1.20. The molecular formula is C11H12N4O5. The molecule has 0 spiro atoms. The number of ether oxygens (including phenoxy) is 3. The summed E-state index contributed by atoms with van der Waals surface area (Å²) in [5, 5.41) is 14.3. The van der Waals surface area contributed by atoms with Gasteiger partial charge < -0.3 is 24.3 Å². The lowest BCUT2D eigenvalue weighted by atomic mass is 10.2. The molecule has 1 aromatic heterocycles. The van der Waals surface area contributed by atoms with Crippen LogP contribution in [0.5, 0.6) is 17.2 Å². The zero-order valence-corrected chi connectivity index (χ0v) is 11.1. The van der Waals surface area contributed by atoms with Crippen LogP contribution in [-0.2, 0) is 0 Å². The summed E-state index contributed by atoms with van der Waals surface area (Å²) in [5.74, 6) is 0.770. The predicted molar refractivity (Wildman–Crippen MR) is 67.7 cm³/mol. The number of aromatic nitrogens is 3. The summed E-state index contributed by atoms with van der Waals surface area (Å²) < 4.78 is 16.8. The zero-order chi connectivity index (χ0) is 14.7. The van der Waals surface area contributed by atoms with Gasteiger partial charge in [-0.3, -0.25) is 0 Å². The Labute approximate surface area is 113 Å². The molecule has 0 unspecified atom stereocenters. The van der Waals surface area contributed by atoms with Gasteiger partial charge in [-0.1, -0.05) is 4.98 Å². The minimum absolute atomic E-state index is 0.417. The molecule has 0 bridgehead atoms. The van der Waals surface area contributed by atoms with Gasteiger partial charge in [0.1, 0.15) is 0 Å².